The van der Waals surface area contributed by atoms with Crippen LogP contribution in [0.25, 0.3) is 6.08 Å². The van der Waals surface area contributed by atoms with Gasteiger partial charge in [0.2, 0.25) is 5.91 Å². The Balaban J connectivity index is 1.73. The summed E-state index contributed by atoms with van der Waals surface area (Å²) in [6.45, 7) is 3.51. The van der Waals surface area contributed by atoms with Crippen molar-refractivity contribution in [3.63, 3.8) is 0 Å². The number of amides is 1. The van der Waals surface area contributed by atoms with Gasteiger partial charge in [0, 0.05) is 24.7 Å². The maximum Gasteiger partial charge on any atom is 0.416 e. The highest BCUT2D eigenvalue weighted by Crippen LogP contribution is 2.34. The van der Waals surface area contributed by atoms with Gasteiger partial charge in [-0.25, -0.2) is 0 Å². The van der Waals surface area contributed by atoms with Gasteiger partial charge in [-0.3, -0.25) is 4.79 Å². The van der Waals surface area contributed by atoms with Crippen LogP contribution >= 0.6 is 0 Å². The minimum absolute atomic E-state index is 0.297. The van der Waals surface area contributed by atoms with E-state index >= 15 is 0 Å². The van der Waals surface area contributed by atoms with Gasteiger partial charge in [-0.05, 0) is 36.8 Å². The molecule has 0 radical (unpaired) electrons. The molecular formula is C21H20F3NO3. The third kappa shape index (κ3) is 4.65. The summed E-state index contributed by atoms with van der Waals surface area (Å²) in [5.74, 6) is 0.975. The minimum atomic E-state index is -4.42. The second-order valence-corrected chi connectivity index (χ2v) is 6.25. The fraction of sp³-hybridized carbons (Fsp3) is 0.286. The van der Waals surface area contributed by atoms with E-state index in [1.165, 1.54) is 24.3 Å². The number of rotatable bonds is 5. The lowest BCUT2D eigenvalue weighted by Gasteiger charge is -2.24. The first-order valence-electron chi connectivity index (χ1n) is 8.90. The number of ether oxygens (including phenoxy) is 2. The van der Waals surface area contributed by atoms with E-state index in [4.69, 9.17) is 9.47 Å². The number of fused-ring (bicyclic) bond motifs is 1. The molecule has 0 aromatic heterocycles. The maximum atomic E-state index is 12.8. The summed E-state index contributed by atoms with van der Waals surface area (Å²) >= 11 is 0. The number of hydrogen-bond acceptors (Lipinski definition) is 3. The zero-order chi connectivity index (χ0) is 20.1. The Morgan fingerprint density at radius 2 is 1.89 bits per heavy atom. The Kier molecular flexibility index (Phi) is 5.92. The van der Waals surface area contributed by atoms with Crippen LogP contribution in [0.5, 0.6) is 11.5 Å². The quantitative estimate of drug-likeness (QED) is 0.703. The molecule has 4 nitrogen and oxygen atoms in total. The van der Waals surface area contributed by atoms with Crippen molar-refractivity contribution in [2.75, 3.05) is 19.8 Å². The number of benzene rings is 2. The molecule has 0 saturated heterocycles. The van der Waals surface area contributed by atoms with Gasteiger partial charge in [-0.2, -0.15) is 13.2 Å². The van der Waals surface area contributed by atoms with Crippen molar-refractivity contribution in [3.05, 3.63) is 65.2 Å². The number of carbonyl (C=O) groups is 1. The molecule has 1 amide bonds. The molecular weight excluding hydrogens is 371 g/mol. The van der Waals surface area contributed by atoms with Crippen molar-refractivity contribution < 1.29 is 27.4 Å². The van der Waals surface area contributed by atoms with Gasteiger partial charge in [-0.15, -0.1) is 0 Å². The molecule has 2 aromatic carbocycles. The number of para-hydroxylation sites is 1. The van der Waals surface area contributed by atoms with Gasteiger partial charge >= 0.3 is 6.18 Å². The van der Waals surface area contributed by atoms with Crippen LogP contribution in [0.15, 0.2) is 48.5 Å². The molecule has 0 spiro atoms. The van der Waals surface area contributed by atoms with Crippen LogP contribution in [0.4, 0.5) is 13.2 Å². The molecule has 2 aromatic rings. The average molecular weight is 391 g/mol. The first-order valence-corrected chi connectivity index (χ1v) is 8.90. The molecule has 28 heavy (non-hydrogen) atoms. The number of halogens is 3. The lowest BCUT2D eigenvalue weighted by atomic mass is 10.1. The van der Waals surface area contributed by atoms with Crippen molar-refractivity contribution in [1.82, 2.24) is 4.90 Å². The summed E-state index contributed by atoms with van der Waals surface area (Å²) in [5.41, 5.74) is 0.385. The van der Waals surface area contributed by atoms with Crippen LogP contribution in [0.2, 0.25) is 0 Å². The van der Waals surface area contributed by atoms with Crippen molar-refractivity contribution >= 4 is 12.0 Å². The number of carbonyl (C=O) groups excluding carboxylic acids is 1. The standard InChI is InChI=1S/C21H20F3NO3/c1-2-25(14-16-6-4-8-18-20(16)28-12-11-27-18)19(26)10-9-15-5-3-7-17(13-15)21(22,23)24/h3-10,13H,2,11-12,14H2,1H3/b10-9+. The average Bonchev–Trinajstić information content (AvgIpc) is 2.70. The first kappa shape index (κ1) is 19.8. The monoisotopic (exact) mass is 391 g/mol. The molecule has 0 fully saturated rings. The van der Waals surface area contributed by atoms with E-state index < -0.39 is 11.7 Å². The Labute approximate surface area is 161 Å². The number of alkyl halides is 3. The van der Waals surface area contributed by atoms with Crippen LogP contribution in [0.3, 0.4) is 0 Å². The lowest BCUT2D eigenvalue weighted by molar-refractivity contribution is -0.137. The molecule has 1 aliphatic heterocycles. The summed E-state index contributed by atoms with van der Waals surface area (Å²) < 4.78 is 49.6. The SMILES string of the molecule is CCN(Cc1cccc2c1OCCO2)C(=O)/C=C/c1cccc(C(F)(F)F)c1. The molecule has 0 bridgehead atoms. The van der Waals surface area contributed by atoms with Gasteiger partial charge in [0.05, 0.1) is 5.56 Å². The Hall–Kier alpha value is -2.96. The molecule has 0 saturated carbocycles. The second kappa shape index (κ2) is 8.37. The number of likely N-dealkylation sites (N-methyl/N-ethyl adjacent to an activating group) is 1. The zero-order valence-corrected chi connectivity index (χ0v) is 15.3. The van der Waals surface area contributed by atoms with Gasteiger partial charge in [0.15, 0.2) is 11.5 Å². The lowest BCUT2D eigenvalue weighted by Crippen LogP contribution is -2.29. The van der Waals surface area contributed by atoms with Crippen molar-refractivity contribution in [3.8, 4) is 11.5 Å². The molecule has 0 aliphatic carbocycles. The van der Waals surface area contributed by atoms with Crippen molar-refractivity contribution in [1.29, 1.82) is 0 Å². The van der Waals surface area contributed by atoms with E-state index in [1.54, 1.807) is 4.90 Å². The third-order valence-electron chi connectivity index (χ3n) is 4.33. The smallest absolute Gasteiger partial charge is 0.416 e. The van der Waals surface area contributed by atoms with Gasteiger partial charge in [0.1, 0.15) is 13.2 Å². The molecule has 3 rings (SSSR count). The number of nitrogens with zero attached hydrogens (tertiary/aromatic N) is 1. The Morgan fingerprint density at radius 3 is 2.64 bits per heavy atom. The largest absolute Gasteiger partial charge is 0.486 e. The van der Waals surface area contributed by atoms with Gasteiger partial charge < -0.3 is 14.4 Å². The van der Waals surface area contributed by atoms with Crippen molar-refractivity contribution in [2.45, 2.75) is 19.6 Å². The summed E-state index contributed by atoms with van der Waals surface area (Å²) in [4.78, 5) is 14.1. The summed E-state index contributed by atoms with van der Waals surface area (Å²) in [7, 11) is 0. The van der Waals surface area contributed by atoms with Gasteiger partial charge in [-0.1, -0.05) is 24.3 Å². The topological polar surface area (TPSA) is 38.8 Å². The predicted molar refractivity (Wildman–Crippen MR) is 99.0 cm³/mol. The van der Waals surface area contributed by atoms with Crippen LogP contribution in [0, 0.1) is 0 Å². The van der Waals surface area contributed by atoms with E-state index in [9.17, 15) is 18.0 Å². The van der Waals surface area contributed by atoms with E-state index in [0.29, 0.717) is 43.4 Å². The van der Waals surface area contributed by atoms with Crippen LogP contribution in [-0.2, 0) is 17.5 Å². The molecule has 148 valence electrons. The van der Waals surface area contributed by atoms with E-state index in [2.05, 4.69) is 0 Å². The molecule has 0 unspecified atom stereocenters. The van der Waals surface area contributed by atoms with E-state index in [0.717, 1.165) is 17.7 Å². The summed E-state index contributed by atoms with van der Waals surface area (Å²) in [5, 5.41) is 0. The maximum absolute atomic E-state index is 12.8. The van der Waals surface area contributed by atoms with Crippen LogP contribution in [0.1, 0.15) is 23.6 Å². The highest BCUT2D eigenvalue weighted by atomic mass is 19.4. The molecule has 1 aliphatic rings. The summed E-state index contributed by atoms with van der Waals surface area (Å²) in [6, 6.07) is 10.4. The molecule has 1 heterocycles. The third-order valence-corrected chi connectivity index (χ3v) is 4.33. The normalized spacial score (nSPS) is 13.6. The highest BCUT2D eigenvalue weighted by Gasteiger charge is 2.30. The van der Waals surface area contributed by atoms with Crippen LogP contribution < -0.4 is 9.47 Å². The van der Waals surface area contributed by atoms with Crippen LogP contribution in [-0.4, -0.2) is 30.6 Å². The molecule has 7 heteroatoms. The van der Waals surface area contributed by atoms with Gasteiger partial charge in [0.25, 0.3) is 0 Å². The Bertz CT molecular complexity index is 877. The highest BCUT2D eigenvalue weighted by molar-refractivity contribution is 5.91. The molecule has 0 atom stereocenters. The molecule has 0 N–H and O–H groups in total. The second-order valence-electron chi connectivity index (χ2n) is 6.25. The van der Waals surface area contributed by atoms with Crippen molar-refractivity contribution in [2.24, 2.45) is 0 Å². The fourth-order valence-corrected chi connectivity index (χ4v) is 2.90. The fourth-order valence-electron chi connectivity index (χ4n) is 2.90. The predicted octanol–water partition coefficient (Wildman–Crippen LogP) is 4.54. The summed E-state index contributed by atoms with van der Waals surface area (Å²) in [6.07, 6.45) is -1.75. The van der Waals surface area contributed by atoms with E-state index in [1.807, 2.05) is 25.1 Å². The first-order chi connectivity index (χ1) is 13.4. The minimum Gasteiger partial charge on any atom is -0.486 e. The Morgan fingerprint density at radius 1 is 1.14 bits per heavy atom. The zero-order valence-electron chi connectivity index (χ0n) is 15.3. The van der Waals surface area contributed by atoms with E-state index in [-0.39, 0.29) is 5.91 Å². The number of hydrogen-bond donors (Lipinski definition) is 0.